The number of aliphatic hydroxyl groups excluding tert-OH is 1. The van der Waals surface area contributed by atoms with Gasteiger partial charge in [-0.25, -0.2) is 9.13 Å². The second-order valence-corrected chi connectivity index (χ2v) is 32.8. The number of phosphoric ester groups is 2. The minimum absolute atomic E-state index is 0.105. The molecule has 0 radical (unpaired) electrons. The molecule has 0 heterocycles. The molecule has 19 heteroatoms. The van der Waals surface area contributed by atoms with E-state index in [4.69, 9.17) is 37.0 Å². The number of unbranched alkanes of at least 4 members (excludes halogenated alkanes) is 40. The van der Waals surface area contributed by atoms with E-state index in [-0.39, 0.29) is 25.7 Å². The van der Waals surface area contributed by atoms with Crippen molar-refractivity contribution in [3.05, 3.63) is 0 Å². The molecule has 0 aliphatic carbocycles. The fourth-order valence-electron chi connectivity index (χ4n) is 12.0. The van der Waals surface area contributed by atoms with Gasteiger partial charge in [0, 0.05) is 25.7 Å². The van der Waals surface area contributed by atoms with Gasteiger partial charge in [0.05, 0.1) is 26.4 Å². The SMILES string of the molecule is CCC(C)CCCCCCCCCCCCCCCCCCCCC(=O)OC[C@H](COP(=O)(O)OCC(O)COP(=O)(O)OC[C@@H](COC(=O)CCCCCCCCCC(C)C)OC(=O)CCCCCCCCCCCCC(C)CC)OC(=O)CCCCCCCCCCCC(C)C. The van der Waals surface area contributed by atoms with Crippen molar-refractivity contribution in [2.75, 3.05) is 39.6 Å². The van der Waals surface area contributed by atoms with E-state index in [1.807, 2.05) is 0 Å². The van der Waals surface area contributed by atoms with Gasteiger partial charge in [-0.15, -0.1) is 0 Å². The zero-order chi connectivity index (χ0) is 72.4. The standard InChI is InChI=1S/C79H154O17P2/c1-9-71(7)57-49-41-33-25-19-17-15-13-11-12-14-16-18-20-27-35-43-51-59-76(81)89-65-74(96-79(84)62-54-46-37-29-23-24-31-39-47-55-69(3)4)67-93-97(85,86)91-63-73(80)64-92-98(87,88)94-68-75(66-90-77(82)60-52-44-38-30-32-40-48-56-70(5)6)95-78(83)61-53-45-36-28-22-21-26-34-42-50-58-72(8)10-2/h69-75,80H,9-68H2,1-8H3,(H,85,86)(H,87,88)/t71?,72?,73?,74-,75-/m1/s1. The average Bonchev–Trinajstić information content (AvgIpc) is 0.996. The number of ether oxygens (including phenoxy) is 4. The molecule has 0 spiro atoms. The number of hydrogen-bond acceptors (Lipinski definition) is 15. The summed E-state index contributed by atoms with van der Waals surface area (Å²) >= 11 is 0. The van der Waals surface area contributed by atoms with Crippen molar-refractivity contribution in [2.45, 2.75) is 420 Å². The van der Waals surface area contributed by atoms with Crippen molar-refractivity contribution in [2.24, 2.45) is 23.7 Å². The van der Waals surface area contributed by atoms with Crippen molar-refractivity contribution >= 4 is 39.5 Å². The second-order valence-electron chi connectivity index (χ2n) is 29.9. The third-order valence-corrected chi connectivity index (χ3v) is 20.9. The van der Waals surface area contributed by atoms with Gasteiger partial charge in [-0.1, -0.05) is 351 Å². The zero-order valence-corrected chi connectivity index (χ0v) is 66.2. The molecule has 17 nitrogen and oxygen atoms in total. The molecule has 0 fully saturated rings. The molecule has 582 valence electrons. The Hall–Kier alpha value is -1.94. The lowest BCUT2D eigenvalue weighted by Gasteiger charge is -2.21. The van der Waals surface area contributed by atoms with Crippen LogP contribution >= 0.6 is 15.6 Å². The lowest BCUT2D eigenvalue weighted by molar-refractivity contribution is -0.161. The van der Waals surface area contributed by atoms with Crippen LogP contribution in [0.2, 0.25) is 0 Å². The number of aliphatic hydroxyl groups is 1. The van der Waals surface area contributed by atoms with Gasteiger partial charge >= 0.3 is 39.5 Å². The molecule has 0 amide bonds. The molecule has 5 unspecified atom stereocenters. The van der Waals surface area contributed by atoms with Gasteiger partial charge in [0.25, 0.3) is 0 Å². The molecule has 7 atom stereocenters. The van der Waals surface area contributed by atoms with Crippen LogP contribution in [0, 0.1) is 23.7 Å². The average molecular weight is 1440 g/mol. The molecule has 0 bridgehead atoms. The number of carbonyl (C=O) groups excluding carboxylic acids is 4. The lowest BCUT2D eigenvalue weighted by atomic mass is 9.99. The molecule has 98 heavy (non-hydrogen) atoms. The summed E-state index contributed by atoms with van der Waals surface area (Å²) < 4.78 is 68.6. The smallest absolute Gasteiger partial charge is 0.462 e. The van der Waals surface area contributed by atoms with E-state index in [2.05, 4.69) is 55.4 Å². The van der Waals surface area contributed by atoms with Crippen LogP contribution in [0.3, 0.4) is 0 Å². The van der Waals surface area contributed by atoms with Crippen LogP contribution in [0.5, 0.6) is 0 Å². The Morgan fingerprint density at radius 3 is 0.724 bits per heavy atom. The first kappa shape index (κ1) is 96.1. The molecule has 0 aromatic carbocycles. The van der Waals surface area contributed by atoms with Crippen LogP contribution in [0.1, 0.15) is 402 Å². The Balaban J connectivity index is 5.17. The highest BCUT2D eigenvalue weighted by Gasteiger charge is 2.30. The van der Waals surface area contributed by atoms with Crippen LogP contribution in [0.4, 0.5) is 0 Å². The highest BCUT2D eigenvalue weighted by molar-refractivity contribution is 7.47. The van der Waals surface area contributed by atoms with Crippen LogP contribution in [-0.2, 0) is 65.4 Å². The lowest BCUT2D eigenvalue weighted by Crippen LogP contribution is -2.30. The van der Waals surface area contributed by atoms with Crippen molar-refractivity contribution in [3.8, 4) is 0 Å². The normalized spacial score (nSPS) is 14.6. The van der Waals surface area contributed by atoms with Crippen molar-refractivity contribution in [1.29, 1.82) is 0 Å². The maximum atomic E-state index is 13.1. The molecule has 0 saturated heterocycles. The summed E-state index contributed by atoms with van der Waals surface area (Å²) in [6.45, 7) is 14.2. The van der Waals surface area contributed by atoms with Crippen molar-refractivity contribution in [1.82, 2.24) is 0 Å². The summed E-state index contributed by atoms with van der Waals surface area (Å²) in [5, 5.41) is 10.6. The molecule has 0 aromatic heterocycles. The van der Waals surface area contributed by atoms with Crippen molar-refractivity contribution < 1.29 is 80.2 Å². The summed E-state index contributed by atoms with van der Waals surface area (Å²) in [5.74, 6) is 0.998. The third kappa shape index (κ3) is 69.8. The van der Waals surface area contributed by atoms with Gasteiger partial charge in [0.1, 0.15) is 19.3 Å². The summed E-state index contributed by atoms with van der Waals surface area (Å²) in [6.07, 6.45) is 54.2. The largest absolute Gasteiger partial charge is 0.472 e. The first-order chi connectivity index (χ1) is 47.2. The molecule has 0 aliphatic rings. The third-order valence-electron chi connectivity index (χ3n) is 19.0. The predicted octanol–water partition coefficient (Wildman–Crippen LogP) is 23.2. The zero-order valence-electron chi connectivity index (χ0n) is 64.4. The molecule has 3 N–H and O–H groups in total. The molecule has 0 aromatic rings. The van der Waals surface area contributed by atoms with Gasteiger partial charge in [-0.3, -0.25) is 37.3 Å². The summed E-state index contributed by atoms with van der Waals surface area (Å²) in [5.41, 5.74) is 0. The number of rotatable bonds is 76. The van der Waals surface area contributed by atoms with Crippen LogP contribution in [-0.4, -0.2) is 96.7 Å². The topological polar surface area (TPSA) is 237 Å². The van der Waals surface area contributed by atoms with E-state index >= 15 is 0 Å². The Kier molecular flexibility index (Phi) is 66.8. The van der Waals surface area contributed by atoms with E-state index in [9.17, 15) is 43.2 Å². The number of phosphoric acid groups is 2. The quantitative estimate of drug-likeness (QED) is 0.0222. The minimum Gasteiger partial charge on any atom is -0.462 e. The molecule has 0 rings (SSSR count). The van der Waals surface area contributed by atoms with Gasteiger partial charge in [0.2, 0.25) is 0 Å². The van der Waals surface area contributed by atoms with Gasteiger partial charge in [-0.05, 0) is 49.4 Å². The second kappa shape index (κ2) is 68.2. The molecule has 0 saturated carbocycles. The summed E-state index contributed by atoms with van der Waals surface area (Å²) in [7, 11) is -9.92. The Morgan fingerprint density at radius 2 is 0.490 bits per heavy atom. The van der Waals surface area contributed by atoms with Crippen LogP contribution in [0.25, 0.3) is 0 Å². The molecular formula is C79H154O17P2. The van der Waals surface area contributed by atoms with E-state index in [1.165, 1.54) is 199 Å². The maximum absolute atomic E-state index is 13.1. The van der Waals surface area contributed by atoms with Gasteiger partial charge in [0.15, 0.2) is 12.2 Å². The Morgan fingerprint density at radius 1 is 0.286 bits per heavy atom. The van der Waals surface area contributed by atoms with Gasteiger partial charge in [-0.2, -0.15) is 0 Å². The first-order valence-electron chi connectivity index (χ1n) is 40.8. The summed E-state index contributed by atoms with van der Waals surface area (Å²) in [6, 6.07) is 0. The summed E-state index contributed by atoms with van der Waals surface area (Å²) in [4.78, 5) is 72.9. The number of carbonyl (C=O) groups is 4. The molecule has 0 aliphatic heterocycles. The highest BCUT2D eigenvalue weighted by atomic mass is 31.2. The maximum Gasteiger partial charge on any atom is 0.472 e. The fraction of sp³-hybridized carbons (Fsp3) is 0.949. The fourth-order valence-corrected chi connectivity index (χ4v) is 13.6. The van der Waals surface area contributed by atoms with Crippen LogP contribution in [0.15, 0.2) is 0 Å². The van der Waals surface area contributed by atoms with Crippen molar-refractivity contribution in [3.63, 3.8) is 0 Å². The van der Waals surface area contributed by atoms with E-state index in [0.29, 0.717) is 31.6 Å². The Labute approximate surface area is 600 Å². The van der Waals surface area contributed by atoms with Gasteiger partial charge < -0.3 is 33.8 Å². The highest BCUT2D eigenvalue weighted by Crippen LogP contribution is 2.45. The predicted molar refractivity (Wildman–Crippen MR) is 400 cm³/mol. The number of esters is 4. The van der Waals surface area contributed by atoms with Crippen LogP contribution < -0.4 is 0 Å². The Bertz CT molecular complexity index is 1920. The van der Waals surface area contributed by atoms with E-state index in [1.54, 1.807) is 0 Å². The number of hydrogen-bond donors (Lipinski definition) is 3. The molecular weight excluding hydrogens is 1280 g/mol. The first-order valence-corrected chi connectivity index (χ1v) is 43.8. The minimum atomic E-state index is -4.96. The monoisotopic (exact) mass is 1440 g/mol. The van der Waals surface area contributed by atoms with E-state index < -0.39 is 97.5 Å². The van der Waals surface area contributed by atoms with E-state index in [0.717, 1.165) is 114 Å².